The molecule has 0 saturated carbocycles. The normalized spacial score (nSPS) is 13.6. The summed E-state index contributed by atoms with van der Waals surface area (Å²) in [5.41, 5.74) is 2.16. The van der Waals surface area contributed by atoms with Gasteiger partial charge in [0.2, 0.25) is 0 Å². The number of ether oxygens (including phenoxy) is 1. The first-order valence-electron chi connectivity index (χ1n) is 7.57. The van der Waals surface area contributed by atoms with Crippen LogP contribution in [0.4, 0.5) is 0 Å². The lowest BCUT2D eigenvalue weighted by molar-refractivity contribution is 0.0703. The van der Waals surface area contributed by atoms with Crippen LogP contribution in [-0.4, -0.2) is 37.3 Å². The Morgan fingerprint density at radius 2 is 2.29 bits per heavy atom. The zero-order valence-corrected chi connectivity index (χ0v) is 12.8. The van der Waals surface area contributed by atoms with Gasteiger partial charge in [-0.15, -0.1) is 5.10 Å². The van der Waals surface area contributed by atoms with E-state index in [0.717, 1.165) is 11.4 Å². The van der Waals surface area contributed by atoms with E-state index in [-0.39, 0.29) is 12.5 Å². The highest BCUT2D eigenvalue weighted by Crippen LogP contribution is 2.19. The van der Waals surface area contributed by atoms with Crippen LogP contribution in [0.2, 0.25) is 0 Å². The van der Waals surface area contributed by atoms with Crippen molar-refractivity contribution >= 4 is 5.91 Å². The summed E-state index contributed by atoms with van der Waals surface area (Å²) in [5.74, 6) is 0.608. The molecule has 0 unspecified atom stereocenters. The molecular weight excluding hydrogens is 310 g/mol. The molecule has 3 aromatic heterocycles. The molecule has 8 nitrogen and oxygen atoms in total. The zero-order chi connectivity index (χ0) is 16.4. The Bertz CT molecular complexity index is 829. The number of carbonyl (C=O) groups is 1. The van der Waals surface area contributed by atoms with Gasteiger partial charge in [0.1, 0.15) is 24.3 Å². The van der Waals surface area contributed by atoms with Crippen molar-refractivity contribution in [3.8, 4) is 5.75 Å². The van der Waals surface area contributed by atoms with E-state index in [1.165, 1.54) is 12.5 Å². The number of carbonyl (C=O) groups excluding carboxylic acids is 1. The summed E-state index contributed by atoms with van der Waals surface area (Å²) in [6.45, 7) is 1.93. The van der Waals surface area contributed by atoms with Gasteiger partial charge in [0, 0.05) is 12.7 Å². The lowest BCUT2D eigenvalue weighted by Crippen LogP contribution is -2.38. The minimum absolute atomic E-state index is 0.0599. The number of pyridine rings is 1. The number of furan rings is 1. The van der Waals surface area contributed by atoms with Crippen LogP contribution in [0.25, 0.3) is 0 Å². The van der Waals surface area contributed by atoms with Gasteiger partial charge in [-0.2, -0.15) is 0 Å². The fraction of sp³-hybridized carbons (Fsp3) is 0.250. The maximum absolute atomic E-state index is 12.5. The number of hydrogen-bond donors (Lipinski definition) is 0. The standard InChI is InChI=1S/C16H15N5O3/c22-16(12-3-7-23-10-12)20-5-6-21-15(9-20)14(18-19-21)11-24-13-2-1-4-17-8-13/h1-4,7-8,10H,5-6,9,11H2. The van der Waals surface area contributed by atoms with Crippen molar-refractivity contribution in [2.45, 2.75) is 19.7 Å². The average Bonchev–Trinajstić information content (AvgIpc) is 3.30. The van der Waals surface area contributed by atoms with Gasteiger partial charge in [-0.1, -0.05) is 5.21 Å². The Kier molecular flexibility index (Phi) is 3.70. The molecule has 1 aliphatic heterocycles. The molecule has 0 atom stereocenters. The Hall–Kier alpha value is -3.16. The maximum Gasteiger partial charge on any atom is 0.257 e. The zero-order valence-electron chi connectivity index (χ0n) is 12.8. The third-order valence-electron chi connectivity index (χ3n) is 3.91. The number of aromatic nitrogens is 4. The van der Waals surface area contributed by atoms with Gasteiger partial charge >= 0.3 is 0 Å². The second-order valence-corrected chi connectivity index (χ2v) is 5.42. The monoisotopic (exact) mass is 325 g/mol. The summed E-state index contributed by atoms with van der Waals surface area (Å²) < 4.78 is 12.5. The molecule has 24 heavy (non-hydrogen) atoms. The Balaban J connectivity index is 1.48. The fourth-order valence-corrected chi connectivity index (χ4v) is 2.63. The quantitative estimate of drug-likeness (QED) is 0.722. The molecule has 0 radical (unpaired) electrons. The van der Waals surface area contributed by atoms with Crippen LogP contribution < -0.4 is 4.74 Å². The lowest BCUT2D eigenvalue weighted by atomic mass is 10.2. The molecule has 0 aromatic carbocycles. The fourth-order valence-electron chi connectivity index (χ4n) is 2.63. The van der Waals surface area contributed by atoms with Gasteiger partial charge in [-0.05, 0) is 18.2 Å². The van der Waals surface area contributed by atoms with Gasteiger partial charge < -0.3 is 14.1 Å². The molecule has 1 amide bonds. The van der Waals surface area contributed by atoms with Crippen LogP contribution in [0.1, 0.15) is 21.7 Å². The molecule has 0 saturated heterocycles. The highest BCUT2D eigenvalue weighted by Gasteiger charge is 2.26. The van der Waals surface area contributed by atoms with Gasteiger partial charge in [0.15, 0.2) is 0 Å². The van der Waals surface area contributed by atoms with E-state index in [1.807, 2.05) is 16.8 Å². The number of fused-ring (bicyclic) bond motifs is 1. The topological polar surface area (TPSA) is 86.3 Å². The molecular formula is C16H15N5O3. The molecule has 0 fully saturated rings. The summed E-state index contributed by atoms with van der Waals surface area (Å²) in [7, 11) is 0. The molecule has 4 heterocycles. The first kappa shape index (κ1) is 14.4. The van der Waals surface area contributed by atoms with E-state index in [0.29, 0.717) is 30.9 Å². The van der Waals surface area contributed by atoms with Crippen molar-refractivity contribution in [3.05, 3.63) is 60.1 Å². The van der Waals surface area contributed by atoms with Crippen molar-refractivity contribution in [1.29, 1.82) is 0 Å². The molecule has 0 aliphatic carbocycles. The van der Waals surface area contributed by atoms with Crippen molar-refractivity contribution in [1.82, 2.24) is 24.9 Å². The van der Waals surface area contributed by atoms with Crippen LogP contribution >= 0.6 is 0 Å². The minimum atomic E-state index is -0.0599. The maximum atomic E-state index is 12.5. The predicted molar refractivity (Wildman–Crippen MR) is 82.0 cm³/mol. The van der Waals surface area contributed by atoms with Crippen molar-refractivity contribution in [2.24, 2.45) is 0 Å². The Labute approximate surface area is 137 Å². The van der Waals surface area contributed by atoms with Crippen molar-refractivity contribution < 1.29 is 13.9 Å². The summed E-state index contributed by atoms with van der Waals surface area (Å²) in [6.07, 6.45) is 6.28. The first-order valence-corrected chi connectivity index (χ1v) is 7.57. The van der Waals surface area contributed by atoms with E-state index in [9.17, 15) is 4.79 Å². The second-order valence-electron chi connectivity index (χ2n) is 5.42. The Morgan fingerprint density at radius 3 is 3.08 bits per heavy atom. The lowest BCUT2D eigenvalue weighted by Gasteiger charge is -2.27. The molecule has 1 aliphatic rings. The summed E-state index contributed by atoms with van der Waals surface area (Å²) >= 11 is 0. The summed E-state index contributed by atoms with van der Waals surface area (Å²) in [4.78, 5) is 18.2. The average molecular weight is 325 g/mol. The summed E-state index contributed by atoms with van der Waals surface area (Å²) in [5, 5.41) is 8.32. The van der Waals surface area contributed by atoms with E-state index >= 15 is 0 Å². The van der Waals surface area contributed by atoms with Crippen LogP contribution in [0.5, 0.6) is 5.75 Å². The molecule has 3 aromatic rings. The van der Waals surface area contributed by atoms with E-state index < -0.39 is 0 Å². The van der Waals surface area contributed by atoms with Gasteiger partial charge in [-0.3, -0.25) is 9.78 Å². The largest absolute Gasteiger partial charge is 0.486 e. The van der Waals surface area contributed by atoms with Crippen molar-refractivity contribution in [3.63, 3.8) is 0 Å². The third-order valence-corrected chi connectivity index (χ3v) is 3.91. The molecule has 4 rings (SSSR count). The van der Waals surface area contributed by atoms with Gasteiger partial charge in [-0.25, -0.2) is 4.68 Å². The number of hydrogen-bond acceptors (Lipinski definition) is 6. The van der Waals surface area contributed by atoms with Crippen LogP contribution in [-0.2, 0) is 19.7 Å². The molecule has 0 N–H and O–H groups in total. The molecule has 122 valence electrons. The second kappa shape index (κ2) is 6.15. The number of nitrogens with zero attached hydrogens (tertiary/aromatic N) is 5. The third kappa shape index (κ3) is 2.73. The smallest absolute Gasteiger partial charge is 0.257 e. The highest BCUT2D eigenvalue weighted by molar-refractivity contribution is 5.93. The SMILES string of the molecule is O=C(c1ccoc1)N1CCn2nnc(COc3cccnc3)c2C1. The van der Waals surface area contributed by atoms with E-state index in [1.54, 1.807) is 23.4 Å². The minimum Gasteiger partial charge on any atom is -0.486 e. The van der Waals surface area contributed by atoms with Gasteiger partial charge in [0.05, 0.1) is 36.8 Å². The van der Waals surface area contributed by atoms with Crippen LogP contribution in [0.3, 0.4) is 0 Å². The van der Waals surface area contributed by atoms with E-state index in [2.05, 4.69) is 15.3 Å². The van der Waals surface area contributed by atoms with Gasteiger partial charge in [0.25, 0.3) is 5.91 Å². The first-order chi connectivity index (χ1) is 11.8. The predicted octanol–water partition coefficient (Wildman–Crippen LogP) is 1.50. The van der Waals surface area contributed by atoms with Crippen molar-refractivity contribution in [2.75, 3.05) is 6.54 Å². The highest BCUT2D eigenvalue weighted by atomic mass is 16.5. The molecule has 0 bridgehead atoms. The number of amides is 1. The summed E-state index contributed by atoms with van der Waals surface area (Å²) in [6, 6.07) is 5.30. The Morgan fingerprint density at radius 1 is 1.33 bits per heavy atom. The number of rotatable bonds is 4. The molecule has 8 heteroatoms. The van der Waals surface area contributed by atoms with Crippen LogP contribution in [0, 0.1) is 0 Å². The van der Waals surface area contributed by atoms with Crippen LogP contribution in [0.15, 0.2) is 47.5 Å². The molecule has 0 spiro atoms. The van der Waals surface area contributed by atoms with E-state index in [4.69, 9.17) is 9.15 Å².